The minimum Gasteiger partial charge on any atom is -0.574 e. The molecule has 3 aromatic heterocycles. The van der Waals surface area contributed by atoms with E-state index in [0.29, 0.717) is 6.42 Å². The minimum absolute atomic E-state index is 0. The van der Waals surface area contributed by atoms with Gasteiger partial charge in [-0.2, -0.15) is 28.9 Å². The Bertz CT molecular complexity index is 1060. The van der Waals surface area contributed by atoms with Crippen LogP contribution in [-0.4, -0.2) is 19.9 Å². The summed E-state index contributed by atoms with van der Waals surface area (Å²) in [4.78, 5) is 4.73. The summed E-state index contributed by atoms with van der Waals surface area (Å²) in [7, 11) is 0. The quantitative estimate of drug-likeness (QED) is 0.354. The van der Waals surface area contributed by atoms with Crippen LogP contribution in [0.4, 0.5) is 0 Å². The van der Waals surface area contributed by atoms with Crippen molar-refractivity contribution in [1.29, 1.82) is 0 Å². The van der Waals surface area contributed by atoms with Crippen LogP contribution in [0.2, 0.25) is 0 Å². The number of benzene rings is 1. The van der Waals surface area contributed by atoms with Crippen molar-refractivity contribution in [1.82, 2.24) is 25.0 Å². The van der Waals surface area contributed by atoms with Gasteiger partial charge in [-0.25, -0.2) is 0 Å². The summed E-state index contributed by atoms with van der Waals surface area (Å²) in [6, 6.07) is 19.6. The van der Waals surface area contributed by atoms with Crippen LogP contribution in [0.3, 0.4) is 0 Å². The first-order chi connectivity index (χ1) is 12.6. The fourth-order valence-electron chi connectivity index (χ4n) is 3.03. The van der Waals surface area contributed by atoms with E-state index in [2.05, 4.69) is 40.4 Å². The predicted octanol–water partition coefficient (Wildman–Crippen LogP) is 3.60. The number of hydrogen-bond acceptors (Lipinski definition) is 3. The second-order valence-corrected chi connectivity index (χ2v) is 6.46. The van der Waals surface area contributed by atoms with Gasteiger partial charge in [0.1, 0.15) is 0 Å². The van der Waals surface area contributed by atoms with Crippen molar-refractivity contribution in [2.45, 2.75) is 27.2 Å². The molecule has 0 atom stereocenters. The molecule has 0 aliphatic heterocycles. The van der Waals surface area contributed by atoms with E-state index in [4.69, 9.17) is 4.98 Å². The van der Waals surface area contributed by atoms with Crippen molar-refractivity contribution in [2.24, 2.45) is 0 Å². The number of aromatic nitrogens is 5. The molecular formula is C21H19N5Pd. The molecule has 4 rings (SSSR count). The van der Waals surface area contributed by atoms with Gasteiger partial charge < -0.3 is 10.2 Å². The van der Waals surface area contributed by atoms with E-state index < -0.39 is 0 Å². The average Bonchev–Trinajstić information content (AvgIpc) is 3.20. The Morgan fingerprint density at radius 3 is 2.52 bits per heavy atom. The van der Waals surface area contributed by atoms with Crippen LogP contribution in [0.15, 0.2) is 48.5 Å². The molecule has 0 amide bonds. The Morgan fingerprint density at radius 2 is 1.81 bits per heavy atom. The molecular weight excluding hydrogens is 429 g/mol. The Kier molecular flexibility index (Phi) is 5.69. The summed E-state index contributed by atoms with van der Waals surface area (Å²) >= 11 is 0. The second-order valence-electron chi connectivity index (χ2n) is 6.46. The van der Waals surface area contributed by atoms with Crippen molar-refractivity contribution >= 4 is 0 Å². The van der Waals surface area contributed by atoms with Gasteiger partial charge in [0.15, 0.2) is 0 Å². The van der Waals surface area contributed by atoms with E-state index >= 15 is 0 Å². The Morgan fingerprint density at radius 1 is 1.00 bits per heavy atom. The minimum atomic E-state index is 0. The summed E-state index contributed by atoms with van der Waals surface area (Å²) in [6.45, 7) is 5.98. The van der Waals surface area contributed by atoms with Gasteiger partial charge in [0, 0.05) is 22.8 Å². The zero-order chi connectivity index (χ0) is 18.1. The summed E-state index contributed by atoms with van der Waals surface area (Å²) in [5.41, 5.74) is 7.65. The molecule has 3 heterocycles. The van der Waals surface area contributed by atoms with E-state index in [1.54, 1.807) is 0 Å². The van der Waals surface area contributed by atoms with E-state index in [9.17, 15) is 0 Å². The number of nitrogens with zero attached hydrogens (tertiary/aromatic N) is 5. The zero-order valence-electron chi connectivity index (χ0n) is 15.4. The fraction of sp³-hybridized carbons (Fsp3) is 0.190. The van der Waals surface area contributed by atoms with Crippen LogP contribution in [0.25, 0.3) is 17.1 Å². The SMILES string of the molecule is Cc1cc(-c2cccc(Cc3[c-]c(-n4nc(C)cc4C)ccc3)n2)[n-]n1.[Pd+2]. The maximum atomic E-state index is 4.73. The first-order valence-corrected chi connectivity index (χ1v) is 8.57. The normalized spacial score (nSPS) is 10.6. The predicted molar refractivity (Wildman–Crippen MR) is 100 cm³/mol. The molecule has 0 saturated heterocycles. The average molecular weight is 448 g/mol. The summed E-state index contributed by atoms with van der Waals surface area (Å²) in [5, 5.41) is 12.8. The smallest absolute Gasteiger partial charge is 0.574 e. The van der Waals surface area contributed by atoms with E-state index in [1.165, 1.54) is 0 Å². The van der Waals surface area contributed by atoms with Gasteiger partial charge in [0.25, 0.3) is 0 Å². The topological polar surface area (TPSA) is 57.7 Å². The molecule has 0 aliphatic carbocycles. The van der Waals surface area contributed by atoms with Crippen LogP contribution in [0, 0.1) is 26.8 Å². The molecule has 0 radical (unpaired) electrons. The largest absolute Gasteiger partial charge is 2.00 e. The third kappa shape index (κ3) is 4.24. The summed E-state index contributed by atoms with van der Waals surface area (Å²) in [6.07, 6.45) is 0.702. The molecule has 0 spiro atoms. The van der Waals surface area contributed by atoms with Gasteiger partial charge in [-0.15, -0.1) is 6.07 Å². The molecule has 0 fully saturated rings. The van der Waals surface area contributed by atoms with Gasteiger partial charge in [0.05, 0.1) is 5.69 Å². The van der Waals surface area contributed by atoms with Crippen LogP contribution < -0.4 is 5.10 Å². The molecule has 6 heteroatoms. The van der Waals surface area contributed by atoms with Crippen LogP contribution in [0.5, 0.6) is 0 Å². The third-order valence-corrected chi connectivity index (χ3v) is 4.18. The standard InChI is InChI=1S/C21H19N5.Pd/c1-14-11-21(24-23-14)20-9-5-7-18(22-20)12-17-6-4-8-19(13-17)26-16(3)10-15(2)25-26;/h4-11H,12H2,1-3H3;/q-2;+2. The first-order valence-electron chi connectivity index (χ1n) is 8.57. The van der Waals surface area contributed by atoms with Crippen molar-refractivity contribution in [3.8, 4) is 17.1 Å². The van der Waals surface area contributed by atoms with Gasteiger partial charge in [-0.1, -0.05) is 17.8 Å². The van der Waals surface area contributed by atoms with Crippen molar-refractivity contribution in [3.05, 3.63) is 82.9 Å². The van der Waals surface area contributed by atoms with Crippen LogP contribution in [0.1, 0.15) is 28.3 Å². The monoisotopic (exact) mass is 447 g/mol. The molecule has 5 nitrogen and oxygen atoms in total. The summed E-state index contributed by atoms with van der Waals surface area (Å²) in [5.74, 6) is 0. The second kappa shape index (κ2) is 8.00. The van der Waals surface area contributed by atoms with Crippen LogP contribution >= 0.6 is 0 Å². The van der Waals surface area contributed by atoms with Crippen molar-refractivity contribution in [3.63, 3.8) is 0 Å². The molecule has 27 heavy (non-hydrogen) atoms. The van der Waals surface area contributed by atoms with Crippen molar-refractivity contribution in [2.75, 3.05) is 0 Å². The van der Waals surface area contributed by atoms with E-state index in [0.717, 1.165) is 45.4 Å². The van der Waals surface area contributed by atoms with Gasteiger partial charge in [-0.3, -0.25) is 9.67 Å². The van der Waals surface area contributed by atoms with Gasteiger partial charge in [-0.05, 0) is 51.1 Å². The molecule has 138 valence electrons. The number of rotatable bonds is 4. The molecule has 0 aliphatic rings. The van der Waals surface area contributed by atoms with E-state index in [-0.39, 0.29) is 20.4 Å². The molecule has 1 aromatic carbocycles. The number of aryl methyl sites for hydroxylation is 3. The van der Waals surface area contributed by atoms with Crippen LogP contribution in [-0.2, 0) is 26.8 Å². The maximum absolute atomic E-state index is 4.73. The Balaban J connectivity index is 0.00000210. The van der Waals surface area contributed by atoms with E-state index in [1.807, 2.05) is 54.9 Å². The number of pyridine rings is 1. The maximum Gasteiger partial charge on any atom is 2.00 e. The molecule has 0 unspecified atom stereocenters. The zero-order valence-corrected chi connectivity index (χ0v) is 16.9. The Labute approximate surface area is 172 Å². The molecule has 0 N–H and O–H groups in total. The summed E-state index contributed by atoms with van der Waals surface area (Å²) < 4.78 is 1.92. The molecule has 0 bridgehead atoms. The third-order valence-electron chi connectivity index (χ3n) is 4.18. The van der Waals surface area contributed by atoms with Gasteiger partial charge in [0.2, 0.25) is 0 Å². The molecule has 0 saturated carbocycles. The molecule has 4 aromatic rings. The fourth-order valence-corrected chi connectivity index (χ4v) is 3.03. The Hall–Kier alpha value is -2.55. The first kappa shape index (κ1) is 19.2. The number of hydrogen-bond donors (Lipinski definition) is 0. The van der Waals surface area contributed by atoms with Crippen molar-refractivity contribution < 1.29 is 20.4 Å². The van der Waals surface area contributed by atoms with Gasteiger partial charge >= 0.3 is 20.4 Å².